The highest BCUT2D eigenvalue weighted by atomic mass is 16.5. The fraction of sp³-hybridized carbons (Fsp3) is 0.467. The molecule has 3 heteroatoms. The molecule has 0 bridgehead atoms. The van der Waals surface area contributed by atoms with Crippen molar-refractivity contribution >= 4 is 10.9 Å². The molecule has 2 aromatic rings. The highest BCUT2D eigenvalue weighted by Crippen LogP contribution is 2.28. The number of nitrogens with zero attached hydrogens (tertiary/aromatic N) is 1. The van der Waals surface area contributed by atoms with Gasteiger partial charge in [0.25, 0.3) is 0 Å². The number of aromatic nitrogens is 1. The van der Waals surface area contributed by atoms with Gasteiger partial charge in [-0.1, -0.05) is 0 Å². The van der Waals surface area contributed by atoms with Crippen LogP contribution < -0.4 is 10.1 Å². The Balaban J connectivity index is 2.01. The zero-order valence-corrected chi connectivity index (χ0v) is 11.3. The summed E-state index contributed by atoms with van der Waals surface area (Å²) in [5.74, 6) is 0.921. The van der Waals surface area contributed by atoms with Crippen LogP contribution in [-0.4, -0.2) is 17.7 Å². The number of fused-ring (bicyclic) bond motifs is 1. The lowest BCUT2D eigenvalue weighted by Crippen LogP contribution is -2.17. The molecular formula is C15H20N2O. The fourth-order valence-electron chi connectivity index (χ4n) is 2.57. The van der Waals surface area contributed by atoms with E-state index in [2.05, 4.69) is 36.0 Å². The van der Waals surface area contributed by atoms with E-state index in [0.717, 1.165) is 18.3 Å². The van der Waals surface area contributed by atoms with Crippen molar-refractivity contribution in [3.05, 3.63) is 29.5 Å². The van der Waals surface area contributed by atoms with Gasteiger partial charge in [-0.2, -0.15) is 0 Å². The van der Waals surface area contributed by atoms with Crippen LogP contribution in [0.25, 0.3) is 10.9 Å². The molecule has 1 N–H and O–H groups in total. The Labute approximate surface area is 108 Å². The molecule has 1 fully saturated rings. The lowest BCUT2D eigenvalue weighted by molar-refractivity contribution is 0.415. The van der Waals surface area contributed by atoms with Gasteiger partial charge in [0.2, 0.25) is 0 Å². The van der Waals surface area contributed by atoms with Crippen LogP contribution in [0.3, 0.4) is 0 Å². The molecule has 3 nitrogen and oxygen atoms in total. The average molecular weight is 244 g/mol. The van der Waals surface area contributed by atoms with E-state index in [9.17, 15) is 0 Å². The highest BCUT2D eigenvalue weighted by Gasteiger charge is 2.21. The van der Waals surface area contributed by atoms with Crippen molar-refractivity contribution in [3.8, 4) is 5.75 Å². The normalized spacial score (nSPS) is 15.3. The number of methoxy groups -OCH3 is 1. The second-order valence-corrected chi connectivity index (χ2v) is 5.17. The summed E-state index contributed by atoms with van der Waals surface area (Å²) in [6, 6.07) is 7.05. The van der Waals surface area contributed by atoms with Crippen LogP contribution >= 0.6 is 0 Å². The average Bonchev–Trinajstić information content (AvgIpc) is 3.18. The SMILES string of the molecule is COc1ccc2c(C)c(CNC3CC3)n(C)c2c1. The number of ether oxygens (including phenoxy) is 1. The zero-order chi connectivity index (χ0) is 12.7. The van der Waals surface area contributed by atoms with Gasteiger partial charge in [-0.15, -0.1) is 0 Å². The molecule has 1 aliphatic carbocycles. The second-order valence-electron chi connectivity index (χ2n) is 5.17. The minimum atomic E-state index is 0.747. The quantitative estimate of drug-likeness (QED) is 0.895. The van der Waals surface area contributed by atoms with E-state index < -0.39 is 0 Å². The minimum absolute atomic E-state index is 0.747. The van der Waals surface area contributed by atoms with Gasteiger partial charge in [0, 0.05) is 36.8 Å². The summed E-state index contributed by atoms with van der Waals surface area (Å²) < 4.78 is 7.59. The molecule has 18 heavy (non-hydrogen) atoms. The summed E-state index contributed by atoms with van der Waals surface area (Å²) in [7, 11) is 3.85. The summed E-state index contributed by atoms with van der Waals surface area (Å²) in [5.41, 5.74) is 4.01. The van der Waals surface area contributed by atoms with Gasteiger partial charge < -0.3 is 14.6 Å². The van der Waals surface area contributed by atoms with Crippen molar-refractivity contribution in [2.75, 3.05) is 7.11 Å². The lowest BCUT2D eigenvalue weighted by atomic mass is 10.1. The fourth-order valence-corrected chi connectivity index (χ4v) is 2.57. The molecule has 0 saturated heterocycles. The van der Waals surface area contributed by atoms with Gasteiger partial charge >= 0.3 is 0 Å². The third-order valence-electron chi connectivity index (χ3n) is 3.94. The molecule has 1 aliphatic rings. The summed E-state index contributed by atoms with van der Waals surface area (Å²) in [6.07, 6.45) is 2.66. The summed E-state index contributed by atoms with van der Waals surface area (Å²) in [5, 5.41) is 4.92. The Bertz CT molecular complexity index is 582. The van der Waals surface area contributed by atoms with E-state index >= 15 is 0 Å². The van der Waals surface area contributed by atoms with E-state index in [1.54, 1.807) is 7.11 Å². The van der Waals surface area contributed by atoms with Crippen molar-refractivity contribution in [1.29, 1.82) is 0 Å². The van der Waals surface area contributed by atoms with E-state index in [1.807, 2.05) is 6.07 Å². The predicted octanol–water partition coefficient (Wildman–Crippen LogP) is 2.75. The third kappa shape index (κ3) is 1.89. The maximum atomic E-state index is 5.31. The first-order valence-corrected chi connectivity index (χ1v) is 6.56. The molecule has 1 aromatic heterocycles. The summed E-state index contributed by atoms with van der Waals surface area (Å²) in [6.45, 7) is 3.17. The Kier molecular flexibility index (Phi) is 2.78. The molecule has 0 unspecified atom stereocenters. The van der Waals surface area contributed by atoms with Gasteiger partial charge in [-0.05, 0) is 37.5 Å². The Morgan fingerprint density at radius 2 is 2.17 bits per heavy atom. The maximum Gasteiger partial charge on any atom is 0.120 e. The van der Waals surface area contributed by atoms with Gasteiger partial charge in [0.05, 0.1) is 12.6 Å². The van der Waals surface area contributed by atoms with Crippen LogP contribution in [0.5, 0.6) is 5.75 Å². The van der Waals surface area contributed by atoms with E-state index in [4.69, 9.17) is 4.74 Å². The predicted molar refractivity (Wildman–Crippen MR) is 74.1 cm³/mol. The first kappa shape index (κ1) is 11.6. The molecule has 0 amide bonds. The molecule has 0 atom stereocenters. The van der Waals surface area contributed by atoms with E-state index in [0.29, 0.717) is 0 Å². The van der Waals surface area contributed by atoms with Gasteiger partial charge in [-0.3, -0.25) is 0 Å². The number of rotatable bonds is 4. The van der Waals surface area contributed by atoms with Crippen molar-refractivity contribution in [2.24, 2.45) is 7.05 Å². The van der Waals surface area contributed by atoms with Crippen LogP contribution in [0.4, 0.5) is 0 Å². The molecule has 0 spiro atoms. The van der Waals surface area contributed by atoms with Gasteiger partial charge in [0.1, 0.15) is 5.75 Å². The summed E-state index contributed by atoms with van der Waals surface area (Å²) >= 11 is 0. The first-order valence-electron chi connectivity index (χ1n) is 6.56. The van der Waals surface area contributed by atoms with Crippen molar-refractivity contribution in [2.45, 2.75) is 32.4 Å². The van der Waals surface area contributed by atoms with Crippen LogP contribution in [-0.2, 0) is 13.6 Å². The van der Waals surface area contributed by atoms with Crippen molar-refractivity contribution in [3.63, 3.8) is 0 Å². The molecule has 0 aliphatic heterocycles. The maximum absolute atomic E-state index is 5.31. The Morgan fingerprint density at radius 1 is 1.39 bits per heavy atom. The van der Waals surface area contributed by atoms with Crippen LogP contribution in [0.2, 0.25) is 0 Å². The number of hydrogen-bond acceptors (Lipinski definition) is 2. The van der Waals surface area contributed by atoms with Crippen LogP contribution in [0.15, 0.2) is 18.2 Å². The number of aryl methyl sites for hydroxylation is 2. The van der Waals surface area contributed by atoms with Gasteiger partial charge in [-0.25, -0.2) is 0 Å². The third-order valence-corrected chi connectivity index (χ3v) is 3.94. The molecule has 1 aromatic carbocycles. The largest absolute Gasteiger partial charge is 0.497 e. The lowest BCUT2D eigenvalue weighted by Gasteiger charge is -2.07. The zero-order valence-electron chi connectivity index (χ0n) is 11.3. The van der Waals surface area contributed by atoms with Gasteiger partial charge in [0.15, 0.2) is 0 Å². The Morgan fingerprint density at radius 3 is 2.83 bits per heavy atom. The standard InChI is InChI=1S/C15H20N2O/c1-10-13-7-6-12(18-3)8-14(13)17(2)15(10)9-16-11-4-5-11/h6-8,11,16H,4-5,9H2,1-3H3. The first-order chi connectivity index (χ1) is 8.70. The van der Waals surface area contributed by atoms with Crippen LogP contribution in [0.1, 0.15) is 24.1 Å². The summed E-state index contributed by atoms with van der Waals surface area (Å²) in [4.78, 5) is 0. The minimum Gasteiger partial charge on any atom is -0.497 e. The number of hydrogen-bond donors (Lipinski definition) is 1. The topological polar surface area (TPSA) is 26.2 Å². The molecule has 96 valence electrons. The Hall–Kier alpha value is -1.48. The number of nitrogens with one attached hydrogen (secondary N) is 1. The molecule has 1 heterocycles. The molecule has 3 rings (SSSR count). The smallest absolute Gasteiger partial charge is 0.120 e. The van der Waals surface area contributed by atoms with E-state index in [1.165, 1.54) is 35.0 Å². The number of benzene rings is 1. The van der Waals surface area contributed by atoms with E-state index in [-0.39, 0.29) is 0 Å². The highest BCUT2D eigenvalue weighted by molar-refractivity contribution is 5.86. The molecule has 1 saturated carbocycles. The molecule has 0 radical (unpaired) electrons. The van der Waals surface area contributed by atoms with Crippen molar-refractivity contribution in [1.82, 2.24) is 9.88 Å². The van der Waals surface area contributed by atoms with Crippen molar-refractivity contribution < 1.29 is 4.74 Å². The van der Waals surface area contributed by atoms with Crippen LogP contribution in [0, 0.1) is 6.92 Å². The monoisotopic (exact) mass is 244 g/mol. The molecular weight excluding hydrogens is 224 g/mol. The second kappa shape index (κ2) is 4.32.